The highest BCUT2D eigenvalue weighted by Gasteiger charge is 2.31. The van der Waals surface area contributed by atoms with Crippen LogP contribution in [0.3, 0.4) is 0 Å². The number of nitrogens with zero attached hydrogens (tertiary/aromatic N) is 4. The Hall–Kier alpha value is -2.71. The minimum Gasteiger partial charge on any atom is -0.368 e. The number of aromatic nitrogens is 3. The third-order valence-corrected chi connectivity index (χ3v) is 5.59. The molecule has 3 aromatic rings. The van der Waals surface area contributed by atoms with Crippen LogP contribution in [0.25, 0.3) is 10.6 Å². The van der Waals surface area contributed by atoms with Crippen molar-refractivity contribution in [1.29, 1.82) is 0 Å². The average molecular weight is 401 g/mol. The van der Waals surface area contributed by atoms with E-state index in [1.54, 1.807) is 24.5 Å². The SMILES string of the molecule is NC(=O)[C@@H]1CCCN1c1ncc(-c2cccc(Nc3cc(Cl)ccn3)n2)s1. The topological polar surface area (TPSA) is 97.0 Å². The van der Waals surface area contributed by atoms with Crippen LogP contribution in [0.1, 0.15) is 12.8 Å². The zero-order chi connectivity index (χ0) is 18.8. The van der Waals surface area contributed by atoms with Gasteiger partial charge in [-0.25, -0.2) is 15.0 Å². The summed E-state index contributed by atoms with van der Waals surface area (Å²) in [6.45, 7) is 0.788. The van der Waals surface area contributed by atoms with Crippen LogP contribution in [0.2, 0.25) is 5.02 Å². The maximum Gasteiger partial charge on any atom is 0.240 e. The Morgan fingerprint density at radius 2 is 2.19 bits per heavy atom. The van der Waals surface area contributed by atoms with Crippen molar-refractivity contribution in [2.24, 2.45) is 5.73 Å². The number of carbonyl (C=O) groups excluding carboxylic acids is 1. The first-order valence-electron chi connectivity index (χ1n) is 8.48. The molecule has 0 saturated carbocycles. The van der Waals surface area contributed by atoms with Gasteiger partial charge in [0.1, 0.15) is 17.7 Å². The molecule has 3 aromatic heterocycles. The second-order valence-electron chi connectivity index (χ2n) is 6.15. The van der Waals surface area contributed by atoms with E-state index in [9.17, 15) is 4.79 Å². The van der Waals surface area contributed by atoms with Gasteiger partial charge in [0.2, 0.25) is 5.91 Å². The van der Waals surface area contributed by atoms with Gasteiger partial charge in [-0.1, -0.05) is 29.0 Å². The second-order valence-corrected chi connectivity index (χ2v) is 7.60. The Morgan fingerprint density at radius 3 is 3.00 bits per heavy atom. The predicted octanol–water partition coefficient (Wildman–Crippen LogP) is 3.45. The van der Waals surface area contributed by atoms with Crippen molar-refractivity contribution in [3.8, 4) is 10.6 Å². The van der Waals surface area contributed by atoms with E-state index in [1.165, 1.54) is 11.3 Å². The lowest BCUT2D eigenvalue weighted by molar-refractivity contribution is -0.119. The van der Waals surface area contributed by atoms with Gasteiger partial charge in [0.25, 0.3) is 0 Å². The summed E-state index contributed by atoms with van der Waals surface area (Å²) in [7, 11) is 0. The van der Waals surface area contributed by atoms with Crippen LogP contribution in [0, 0.1) is 0 Å². The number of nitrogens with two attached hydrogens (primary N) is 1. The molecule has 1 atom stereocenters. The van der Waals surface area contributed by atoms with E-state index >= 15 is 0 Å². The third kappa shape index (κ3) is 3.86. The van der Waals surface area contributed by atoms with E-state index in [-0.39, 0.29) is 11.9 Å². The number of thiazole rings is 1. The van der Waals surface area contributed by atoms with E-state index < -0.39 is 0 Å². The molecule has 4 rings (SSSR count). The highest BCUT2D eigenvalue weighted by Crippen LogP contribution is 2.34. The van der Waals surface area contributed by atoms with Crippen molar-refractivity contribution in [2.45, 2.75) is 18.9 Å². The van der Waals surface area contributed by atoms with Crippen molar-refractivity contribution in [1.82, 2.24) is 15.0 Å². The van der Waals surface area contributed by atoms with Gasteiger partial charge in [-0.2, -0.15) is 0 Å². The Morgan fingerprint density at radius 1 is 1.30 bits per heavy atom. The first-order chi connectivity index (χ1) is 13.1. The maximum absolute atomic E-state index is 11.6. The number of hydrogen-bond acceptors (Lipinski definition) is 7. The minimum atomic E-state index is -0.303. The van der Waals surface area contributed by atoms with Crippen LogP contribution in [0.15, 0.2) is 42.7 Å². The summed E-state index contributed by atoms with van der Waals surface area (Å²) in [5, 5.41) is 4.54. The van der Waals surface area contributed by atoms with Crippen LogP contribution in [-0.4, -0.2) is 33.4 Å². The highest BCUT2D eigenvalue weighted by molar-refractivity contribution is 7.18. The number of anilines is 3. The predicted molar refractivity (Wildman–Crippen MR) is 107 cm³/mol. The maximum atomic E-state index is 11.6. The zero-order valence-electron chi connectivity index (χ0n) is 14.3. The fraction of sp³-hybridized carbons (Fsp3) is 0.222. The molecule has 1 saturated heterocycles. The quantitative estimate of drug-likeness (QED) is 0.680. The molecule has 4 heterocycles. The molecular formula is C18H17ClN6OS. The van der Waals surface area contributed by atoms with Gasteiger partial charge in [0.15, 0.2) is 5.13 Å². The minimum absolute atomic E-state index is 0.279. The van der Waals surface area contributed by atoms with Gasteiger partial charge in [-0.3, -0.25) is 4.79 Å². The normalized spacial score (nSPS) is 16.5. The molecule has 1 aliphatic heterocycles. The van der Waals surface area contributed by atoms with E-state index in [2.05, 4.69) is 20.3 Å². The Bertz CT molecular complexity index is 978. The number of carbonyl (C=O) groups is 1. The molecule has 0 aromatic carbocycles. The molecule has 7 nitrogen and oxygen atoms in total. The molecular weight excluding hydrogens is 384 g/mol. The molecule has 0 unspecified atom stereocenters. The Balaban J connectivity index is 1.56. The Kier molecular flexibility index (Phi) is 4.91. The fourth-order valence-electron chi connectivity index (χ4n) is 3.05. The lowest BCUT2D eigenvalue weighted by Crippen LogP contribution is -2.40. The first kappa shape index (κ1) is 17.7. The zero-order valence-corrected chi connectivity index (χ0v) is 15.9. The van der Waals surface area contributed by atoms with Crippen LogP contribution >= 0.6 is 22.9 Å². The number of rotatable bonds is 5. The van der Waals surface area contributed by atoms with E-state index in [4.69, 9.17) is 17.3 Å². The van der Waals surface area contributed by atoms with E-state index in [1.807, 2.05) is 23.1 Å². The van der Waals surface area contributed by atoms with Gasteiger partial charge in [-0.05, 0) is 37.1 Å². The van der Waals surface area contributed by atoms with Crippen molar-refractivity contribution < 1.29 is 4.79 Å². The van der Waals surface area contributed by atoms with Crippen LogP contribution in [0.4, 0.5) is 16.8 Å². The number of nitrogens with one attached hydrogen (secondary N) is 1. The van der Waals surface area contributed by atoms with Crippen molar-refractivity contribution >= 4 is 45.6 Å². The fourth-order valence-corrected chi connectivity index (χ4v) is 4.17. The molecule has 1 aliphatic rings. The smallest absolute Gasteiger partial charge is 0.240 e. The summed E-state index contributed by atoms with van der Waals surface area (Å²) in [5.41, 5.74) is 6.30. The summed E-state index contributed by atoms with van der Waals surface area (Å²) in [4.78, 5) is 27.9. The second kappa shape index (κ2) is 7.50. The molecule has 0 radical (unpaired) electrons. The van der Waals surface area contributed by atoms with Crippen molar-refractivity contribution in [3.05, 3.63) is 47.7 Å². The van der Waals surface area contributed by atoms with E-state index in [0.717, 1.165) is 35.1 Å². The lowest BCUT2D eigenvalue weighted by atomic mass is 10.2. The highest BCUT2D eigenvalue weighted by atomic mass is 35.5. The molecule has 0 aliphatic carbocycles. The summed E-state index contributed by atoms with van der Waals surface area (Å²) < 4.78 is 0. The molecule has 27 heavy (non-hydrogen) atoms. The lowest BCUT2D eigenvalue weighted by Gasteiger charge is -2.20. The number of primary amides is 1. The number of halogens is 1. The largest absolute Gasteiger partial charge is 0.368 e. The molecule has 0 spiro atoms. The summed E-state index contributed by atoms with van der Waals surface area (Å²) in [6.07, 6.45) is 5.12. The number of amides is 1. The van der Waals surface area contributed by atoms with Gasteiger partial charge < -0.3 is 16.0 Å². The van der Waals surface area contributed by atoms with Gasteiger partial charge in [-0.15, -0.1) is 0 Å². The van der Waals surface area contributed by atoms with Crippen LogP contribution in [-0.2, 0) is 4.79 Å². The molecule has 1 fully saturated rings. The molecule has 9 heteroatoms. The molecule has 3 N–H and O–H groups in total. The number of pyridine rings is 2. The van der Waals surface area contributed by atoms with E-state index in [0.29, 0.717) is 16.7 Å². The van der Waals surface area contributed by atoms with Gasteiger partial charge in [0.05, 0.1) is 10.6 Å². The molecule has 138 valence electrons. The molecule has 1 amide bonds. The first-order valence-corrected chi connectivity index (χ1v) is 9.67. The van der Waals surface area contributed by atoms with Crippen LogP contribution in [0.5, 0.6) is 0 Å². The summed E-state index contributed by atoms with van der Waals surface area (Å²) >= 11 is 7.49. The average Bonchev–Trinajstić information content (AvgIpc) is 3.31. The third-order valence-electron chi connectivity index (χ3n) is 4.30. The van der Waals surface area contributed by atoms with Crippen LogP contribution < -0.4 is 16.0 Å². The van der Waals surface area contributed by atoms with Gasteiger partial charge in [0, 0.05) is 24.0 Å². The standard InChI is InChI=1S/C18H17ClN6OS/c19-11-6-7-21-16(9-11)24-15-5-1-3-12(23-15)14-10-22-18(27-14)25-8-2-4-13(25)17(20)26/h1,3,5-7,9-10,13H,2,4,8H2,(H2,20,26)(H,21,23,24)/t13-/m0/s1. The summed E-state index contributed by atoms with van der Waals surface area (Å²) in [6, 6.07) is 8.86. The summed E-state index contributed by atoms with van der Waals surface area (Å²) in [5.74, 6) is 0.981. The Labute approximate surface area is 165 Å². The van der Waals surface area contributed by atoms with Crippen molar-refractivity contribution in [3.63, 3.8) is 0 Å². The monoisotopic (exact) mass is 400 g/mol. The molecule has 0 bridgehead atoms. The number of hydrogen-bond donors (Lipinski definition) is 2. The van der Waals surface area contributed by atoms with Gasteiger partial charge >= 0.3 is 0 Å². The van der Waals surface area contributed by atoms with Crippen molar-refractivity contribution in [2.75, 3.05) is 16.8 Å².